The van der Waals surface area contributed by atoms with Crippen molar-refractivity contribution in [1.29, 1.82) is 5.26 Å². The lowest BCUT2D eigenvalue weighted by Gasteiger charge is -2.29. The van der Waals surface area contributed by atoms with Crippen LogP contribution in [0.5, 0.6) is 5.75 Å². The van der Waals surface area contributed by atoms with Crippen LogP contribution < -0.4 is 15.0 Å². The molecule has 0 spiro atoms. The summed E-state index contributed by atoms with van der Waals surface area (Å²) in [4.78, 5) is 19.8. The number of rotatable bonds is 6. The Labute approximate surface area is 196 Å². The summed E-state index contributed by atoms with van der Waals surface area (Å²) in [5, 5.41) is 14.0. The van der Waals surface area contributed by atoms with Gasteiger partial charge < -0.3 is 19.9 Å². The third kappa shape index (κ3) is 4.49. The molecule has 3 heterocycles. The van der Waals surface area contributed by atoms with Crippen LogP contribution in [-0.4, -0.2) is 53.2 Å². The number of nitrogens with one attached hydrogen (secondary N) is 2. The molecule has 0 aliphatic carbocycles. The van der Waals surface area contributed by atoms with Crippen LogP contribution in [0, 0.1) is 11.3 Å². The number of fused-ring (bicyclic) bond motifs is 1. The van der Waals surface area contributed by atoms with E-state index in [1.807, 2.05) is 48.5 Å². The minimum atomic E-state index is 0.496. The maximum absolute atomic E-state index is 10.1. The molecule has 9 heteroatoms. The van der Waals surface area contributed by atoms with Crippen LogP contribution in [0.3, 0.4) is 0 Å². The lowest BCUT2D eigenvalue weighted by molar-refractivity contribution is 0.415. The zero-order valence-electron chi connectivity index (χ0n) is 18.2. The second kappa shape index (κ2) is 9.48. The highest BCUT2D eigenvalue weighted by Crippen LogP contribution is 2.32. The molecule has 8 nitrogen and oxygen atoms in total. The zero-order valence-corrected chi connectivity index (χ0v) is 19.0. The van der Waals surface area contributed by atoms with Crippen LogP contribution in [0.25, 0.3) is 22.3 Å². The van der Waals surface area contributed by atoms with E-state index in [9.17, 15) is 5.26 Å². The summed E-state index contributed by atoms with van der Waals surface area (Å²) in [7, 11) is 1.63. The maximum Gasteiger partial charge on any atom is 0.190 e. The van der Waals surface area contributed by atoms with Gasteiger partial charge in [0.25, 0.3) is 0 Å². The summed E-state index contributed by atoms with van der Waals surface area (Å²) in [6, 6.07) is 17.9. The summed E-state index contributed by atoms with van der Waals surface area (Å²) in [6.45, 7) is 3.30. The Morgan fingerprint density at radius 2 is 1.85 bits per heavy atom. The van der Waals surface area contributed by atoms with Gasteiger partial charge in [-0.2, -0.15) is 5.26 Å². The molecule has 2 aromatic carbocycles. The number of methoxy groups -OCH3 is 1. The molecule has 0 bridgehead atoms. The Morgan fingerprint density at radius 3 is 2.58 bits per heavy atom. The summed E-state index contributed by atoms with van der Waals surface area (Å²) in [5.74, 6) is 2.91. The maximum atomic E-state index is 10.1. The lowest BCUT2D eigenvalue weighted by Crippen LogP contribution is -2.44. The largest absolute Gasteiger partial charge is 0.497 e. The number of benzene rings is 2. The number of ether oxygens (including phenoxy) is 1. The summed E-state index contributed by atoms with van der Waals surface area (Å²) in [5.41, 5.74) is 3.94. The van der Waals surface area contributed by atoms with E-state index in [-0.39, 0.29) is 0 Å². The van der Waals surface area contributed by atoms with Crippen LogP contribution >= 0.6 is 11.8 Å². The number of para-hydroxylation sites is 2. The highest BCUT2D eigenvalue weighted by Gasteiger charge is 2.22. The molecule has 0 amide bonds. The van der Waals surface area contributed by atoms with E-state index in [0.29, 0.717) is 28.0 Å². The normalized spacial score (nSPS) is 13.8. The Kier molecular flexibility index (Phi) is 6.11. The van der Waals surface area contributed by atoms with Crippen molar-refractivity contribution in [1.82, 2.24) is 25.3 Å². The van der Waals surface area contributed by atoms with Crippen LogP contribution in [-0.2, 0) is 5.75 Å². The molecular weight excluding hydrogens is 434 g/mol. The van der Waals surface area contributed by atoms with Crippen LogP contribution in [0.15, 0.2) is 53.7 Å². The van der Waals surface area contributed by atoms with E-state index >= 15 is 0 Å². The van der Waals surface area contributed by atoms with Gasteiger partial charge >= 0.3 is 0 Å². The molecule has 5 rings (SSSR count). The molecule has 4 aromatic rings. The van der Waals surface area contributed by atoms with Crippen molar-refractivity contribution in [3.8, 4) is 23.1 Å². The predicted octanol–water partition coefficient (Wildman–Crippen LogP) is 3.60. The first-order chi connectivity index (χ1) is 16.2. The standard InChI is InChI=1S/C24H23N7OS/c1-32-17-8-6-16(7-9-17)22-18(14-25)23(31-12-10-26-11-13-31)30-24(29-22)33-15-21-27-19-4-2-3-5-20(19)28-21/h2-9,26H,10-13,15H2,1H3,(H,27,28). The third-order valence-corrected chi connectivity index (χ3v) is 6.40. The van der Waals surface area contributed by atoms with Gasteiger partial charge in [-0.25, -0.2) is 15.0 Å². The average molecular weight is 458 g/mol. The fourth-order valence-corrected chi connectivity index (χ4v) is 4.58. The Balaban J connectivity index is 1.52. The molecule has 1 aliphatic rings. The molecule has 2 aromatic heterocycles. The number of nitrogens with zero attached hydrogens (tertiary/aromatic N) is 5. The number of hydrogen-bond acceptors (Lipinski definition) is 8. The average Bonchev–Trinajstić information content (AvgIpc) is 3.30. The van der Waals surface area contributed by atoms with Crippen molar-refractivity contribution >= 4 is 28.6 Å². The molecular formula is C24H23N7OS. The van der Waals surface area contributed by atoms with E-state index in [4.69, 9.17) is 14.7 Å². The second-order valence-corrected chi connectivity index (χ2v) is 8.56. The molecule has 1 aliphatic heterocycles. The van der Waals surface area contributed by atoms with Gasteiger partial charge in [0.15, 0.2) is 11.0 Å². The monoisotopic (exact) mass is 457 g/mol. The topological polar surface area (TPSA) is 103 Å². The Morgan fingerprint density at radius 1 is 1.06 bits per heavy atom. The molecule has 33 heavy (non-hydrogen) atoms. The number of anilines is 1. The highest BCUT2D eigenvalue weighted by atomic mass is 32.2. The first-order valence-electron chi connectivity index (χ1n) is 10.7. The van der Waals surface area contributed by atoms with Crippen molar-refractivity contribution in [2.24, 2.45) is 0 Å². The van der Waals surface area contributed by atoms with Gasteiger partial charge in [-0.3, -0.25) is 0 Å². The van der Waals surface area contributed by atoms with E-state index < -0.39 is 0 Å². The van der Waals surface area contributed by atoms with Crippen LogP contribution in [0.4, 0.5) is 5.82 Å². The van der Waals surface area contributed by atoms with Crippen molar-refractivity contribution in [3.63, 3.8) is 0 Å². The molecule has 0 radical (unpaired) electrons. The van der Waals surface area contributed by atoms with Gasteiger partial charge in [0.1, 0.15) is 23.2 Å². The number of aromatic amines is 1. The van der Waals surface area contributed by atoms with Crippen LogP contribution in [0.1, 0.15) is 11.4 Å². The molecule has 1 fully saturated rings. The number of imidazole rings is 1. The predicted molar refractivity (Wildman–Crippen MR) is 129 cm³/mol. The molecule has 2 N–H and O–H groups in total. The first-order valence-corrected chi connectivity index (χ1v) is 11.7. The zero-order chi connectivity index (χ0) is 22.6. The molecule has 1 saturated heterocycles. The fourth-order valence-electron chi connectivity index (χ4n) is 3.87. The van der Waals surface area contributed by atoms with E-state index in [1.165, 1.54) is 11.8 Å². The fraction of sp³-hybridized carbons (Fsp3) is 0.250. The number of thioether (sulfide) groups is 1. The third-order valence-electron chi connectivity index (χ3n) is 5.54. The SMILES string of the molecule is COc1ccc(-c2nc(SCc3nc4ccccc4[nH]3)nc(N3CCNCC3)c2C#N)cc1. The number of aromatic nitrogens is 4. The van der Waals surface area contributed by atoms with Crippen LogP contribution in [0.2, 0.25) is 0 Å². The quantitative estimate of drug-likeness (QED) is 0.334. The molecule has 0 unspecified atom stereocenters. The van der Waals surface area contributed by atoms with Gasteiger partial charge in [-0.05, 0) is 36.4 Å². The van der Waals surface area contributed by atoms with Crippen molar-refractivity contribution in [2.75, 3.05) is 38.2 Å². The number of nitriles is 1. The Bertz CT molecular complexity index is 1270. The number of hydrogen-bond donors (Lipinski definition) is 2. The van der Waals surface area contributed by atoms with E-state index in [2.05, 4.69) is 26.3 Å². The Hall–Kier alpha value is -3.61. The number of piperazine rings is 1. The summed E-state index contributed by atoms with van der Waals surface area (Å²) in [6.07, 6.45) is 0. The van der Waals surface area contributed by atoms with Gasteiger partial charge in [0.05, 0.1) is 29.6 Å². The minimum absolute atomic E-state index is 0.496. The van der Waals surface area contributed by atoms with Gasteiger partial charge in [-0.1, -0.05) is 23.9 Å². The second-order valence-electron chi connectivity index (χ2n) is 7.62. The van der Waals surface area contributed by atoms with Crippen molar-refractivity contribution < 1.29 is 4.74 Å². The highest BCUT2D eigenvalue weighted by molar-refractivity contribution is 7.98. The smallest absolute Gasteiger partial charge is 0.190 e. The number of H-pyrrole nitrogens is 1. The lowest BCUT2D eigenvalue weighted by atomic mass is 10.1. The van der Waals surface area contributed by atoms with E-state index in [0.717, 1.165) is 54.3 Å². The van der Waals surface area contributed by atoms with Gasteiger partial charge in [-0.15, -0.1) is 0 Å². The van der Waals surface area contributed by atoms with E-state index in [1.54, 1.807) is 7.11 Å². The molecule has 0 atom stereocenters. The minimum Gasteiger partial charge on any atom is -0.497 e. The van der Waals surface area contributed by atoms with Gasteiger partial charge in [0.2, 0.25) is 0 Å². The summed E-state index contributed by atoms with van der Waals surface area (Å²) < 4.78 is 5.29. The first kappa shape index (κ1) is 21.2. The molecule has 0 saturated carbocycles. The van der Waals surface area contributed by atoms with Crippen molar-refractivity contribution in [2.45, 2.75) is 10.9 Å². The van der Waals surface area contributed by atoms with Gasteiger partial charge in [0, 0.05) is 31.7 Å². The molecule has 166 valence electrons. The summed E-state index contributed by atoms with van der Waals surface area (Å²) >= 11 is 1.51. The van der Waals surface area contributed by atoms with Crippen molar-refractivity contribution in [3.05, 3.63) is 59.9 Å².